The van der Waals surface area contributed by atoms with E-state index < -0.39 is 0 Å². The Balaban J connectivity index is 1.63. The number of anilines is 1. The van der Waals surface area contributed by atoms with Crippen molar-refractivity contribution in [2.24, 2.45) is 0 Å². The van der Waals surface area contributed by atoms with Gasteiger partial charge in [0.05, 0.1) is 12.9 Å². The number of benzene rings is 2. The molecule has 0 atom stereocenters. The second kappa shape index (κ2) is 10.7. The number of hydrogen-bond donors (Lipinski definition) is 1. The maximum Gasteiger partial charge on any atom is 0.234 e. The third kappa shape index (κ3) is 5.77. The maximum absolute atomic E-state index is 12.3. The molecule has 30 heavy (non-hydrogen) atoms. The van der Waals surface area contributed by atoms with Crippen molar-refractivity contribution in [1.29, 1.82) is 0 Å². The van der Waals surface area contributed by atoms with Crippen molar-refractivity contribution in [3.63, 3.8) is 0 Å². The number of thioether (sulfide) groups is 1. The molecule has 0 aliphatic carbocycles. The van der Waals surface area contributed by atoms with Crippen LogP contribution in [0, 0.1) is 0 Å². The van der Waals surface area contributed by atoms with Gasteiger partial charge in [-0.05, 0) is 30.3 Å². The Labute approximate surface area is 184 Å². The molecule has 0 radical (unpaired) electrons. The molecule has 7 nitrogen and oxygen atoms in total. The number of amides is 1. The molecule has 1 amide bonds. The van der Waals surface area contributed by atoms with Crippen LogP contribution in [0.15, 0.2) is 66.3 Å². The van der Waals surface area contributed by atoms with Gasteiger partial charge in [-0.15, -0.1) is 16.8 Å². The van der Waals surface area contributed by atoms with Crippen LogP contribution in [0.1, 0.15) is 5.82 Å². The lowest BCUT2D eigenvalue weighted by Gasteiger charge is -2.11. The fraction of sp³-hybridized carbons (Fsp3) is 0.190. The van der Waals surface area contributed by atoms with Crippen LogP contribution in [0.2, 0.25) is 5.02 Å². The van der Waals surface area contributed by atoms with Gasteiger partial charge in [-0.1, -0.05) is 47.6 Å². The number of hydrogen-bond acceptors (Lipinski definition) is 6. The van der Waals surface area contributed by atoms with E-state index in [-0.39, 0.29) is 18.3 Å². The Bertz CT molecular complexity index is 1020. The lowest BCUT2D eigenvalue weighted by Crippen LogP contribution is -2.15. The summed E-state index contributed by atoms with van der Waals surface area (Å²) in [6.45, 7) is 4.49. The number of halogens is 1. The van der Waals surface area contributed by atoms with Gasteiger partial charge in [0.25, 0.3) is 0 Å². The summed E-state index contributed by atoms with van der Waals surface area (Å²) in [6, 6.07) is 14.4. The van der Waals surface area contributed by atoms with Crippen LogP contribution in [0.3, 0.4) is 0 Å². The Morgan fingerprint density at radius 1 is 1.23 bits per heavy atom. The van der Waals surface area contributed by atoms with Crippen LogP contribution in [0.4, 0.5) is 5.69 Å². The highest BCUT2D eigenvalue weighted by molar-refractivity contribution is 7.99. The second-order valence-electron chi connectivity index (χ2n) is 6.08. The van der Waals surface area contributed by atoms with Gasteiger partial charge in [-0.3, -0.25) is 9.36 Å². The van der Waals surface area contributed by atoms with Gasteiger partial charge in [0, 0.05) is 17.3 Å². The summed E-state index contributed by atoms with van der Waals surface area (Å²) >= 11 is 7.23. The van der Waals surface area contributed by atoms with Gasteiger partial charge < -0.3 is 14.8 Å². The van der Waals surface area contributed by atoms with Crippen molar-refractivity contribution < 1.29 is 14.3 Å². The number of aromatic nitrogens is 3. The molecule has 0 aliphatic heterocycles. The van der Waals surface area contributed by atoms with Crippen molar-refractivity contribution in [2.45, 2.75) is 18.3 Å². The minimum Gasteiger partial charge on any atom is -0.493 e. The van der Waals surface area contributed by atoms with Crippen molar-refractivity contribution in [3.8, 4) is 11.5 Å². The van der Waals surface area contributed by atoms with Gasteiger partial charge in [0.2, 0.25) is 5.91 Å². The molecule has 2 aromatic carbocycles. The van der Waals surface area contributed by atoms with Crippen LogP contribution >= 0.6 is 23.4 Å². The zero-order valence-electron chi connectivity index (χ0n) is 16.4. The molecule has 0 aliphatic rings. The minimum absolute atomic E-state index is 0.165. The zero-order valence-corrected chi connectivity index (χ0v) is 17.9. The number of carbonyl (C=O) groups excluding carboxylic acids is 1. The van der Waals surface area contributed by atoms with Crippen LogP contribution in [0.25, 0.3) is 0 Å². The van der Waals surface area contributed by atoms with Gasteiger partial charge >= 0.3 is 0 Å². The van der Waals surface area contributed by atoms with E-state index in [1.807, 2.05) is 28.8 Å². The molecular formula is C21H21ClN4O3S. The molecule has 156 valence electrons. The first-order valence-electron chi connectivity index (χ1n) is 9.07. The first kappa shape index (κ1) is 21.7. The van der Waals surface area contributed by atoms with E-state index in [9.17, 15) is 4.79 Å². The lowest BCUT2D eigenvalue weighted by molar-refractivity contribution is -0.113. The fourth-order valence-corrected chi connectivity index (χ4v) is 3.58. The minimum atomic E-state index is -0.165. The Morgan fingerprint density at radius 2 is 2.03 bits per heavy atom. The Kier molecular flexibility index (Phi) is 7.75. The normalized spacial score (nSPS) is 10.5. The van der Waals surface area contributed by atoms with Crippen molar-refractivity contribution >= 4 is 35.0 Å². The Morgan fingerprint density at radius 3 is 2.77 bits per heavy atom. The van der Waals surface area contributed by atoms with Crippen LogP contribution in [-0.4, -0.2) is 33.5 Å². The third-order valence-electron chi connectivity index (χ3n) is 3.97. The number of nitrogens with one attached hydrogen (secondary N) is 1. The van der Waals surface area contributed by atoms with Gasteiger partial charge in [-0.25, -0.2) is 0 Å². The average Bonchev–Trinajstić information content (AvgIpc) is 3.13. The van der Waals surface area contributed by atoms with E-state index in [2.05, 4.69) is 22.1 Å². The van der Waals surface area contributed by atoms with E-state index >= 15 is 0 Å². The van der Waals surface area contributed by atoms with Crippen molar-refractivity contribution in [1.82, 2.24) is 14.8 Å². The average molecular weight is 445 g/mol. The summed E-state index contributed by atoms with van der Waals surface area (Å²) < 4.78 is 13.0. The number of para-hydroxylation sites is 2. The number of ether oxygens (including phenoxy) is 2. The number of rotatable bonds is 10. The highest BCUT2D eigenvalue weighted by Crippen LogP contribution is 2.27. The van der Waals surface area contributed by atoms with Crippen LogP contribution in [0.5, 0.6) is 11.5 Å². The quantitative estimate of drug-likeness (QED) is 0.368. The van der Waals surface area contributed by atoms with Gasteiger partial charge in [-0.2, -0.15) is 0 Å². The number of methoxy groups -OCH3 is 1. The van der Waals surface area contributed by atoms with E-state index in [0.29, 0.717) is 39.7 Å². The lowest BCUT2D eigenvalue weighted by atomic mass is 10.3. The molecule has 0 saturated heterocycles. The van der Waals surface area contributed by atoms with E-state index in [4.69, 9.17) is 21.1 Å². The predicted octanol–water partition coefficient (Wildman–Crippen LogP) is 4.44. The highest BCUT2D eigenvalue weighted by Gasteiger charge is 2.15. The van der Waals surface area contributed by atoms with Crippen molar-refractivity contribution in [3.05, 3.63) is 72.0 Å². The van der Waals surface area contributed by atoms with Crippen LogP contribution in [-0.2, 0) is 17.9 Å². The third-order valence-corrected chi connectivity index (χ3v) is 5.17. The highest BCUT2D eigenvalue weighted by atomic mass is 35.5. The summed E-state index contributed by atoms with van der Waals surface area (Å²) in [6.07, 6.45) is 1.74. The van der Waals surface area contributed by atoms with Crippen LogP contribution < -0.4 is 14.8 Å². The molecule has 0 saturated carbocycles. The molecule has 1 heterocycles. The van der Waals surface area contributed by atoms with Crippen molar-refractivity contribution in [2.75, 3.05) is 18.2 Å². The maximum atomic E-state index is 12.3. The molecule has 0 fully saturated rings. The summed E-state index contributed by atoms with van der Waals surface area (Å²) in [5, 5.41) is 12.4. The van der Waals surface area contributed by atoms with E-state index in [0.717, 1.165) is 0 Å². The molecule has 0 unspecified atom stereocenters. The Hall–Kier alpha value is -2.97. The number of nitrogens with zero attached hydrogens (tertiary/aromatic N) is 3. The SMILES string of the molecule is C=CCn1c(COc2ccccc2OC)nnc1SCC(=O)Nc1cccc(Cl)c1. The topological polar surface area (TPSA) is 78.3 Å². The van der Waals surface area contributed by atoms with E-state index in [1.54, 1.807) is 37.5 Å². The summed E-state index contributed by atoms with van der Waals surface area (Å²) in [5.74, 6) is 1.89. The number of carbonyl (C=O) groups is 1. The molecule has 1 aromatic heterocycles. The number of allylic oxidation sites excluding steroid dienone is 1. The first-order chi connectivity index (χ1) is 14.6. The molecule has 9 heteroatoms. The smallest absolute Gasteiger partial charge is 0.234 e. The molecule has 3 rings (SSSR count). The first-order valence-corrected chi connectivity index (χ1v) is 10.4. The summed E-state index contributed by atoms with van der Waals surface area (Å²) in [5.41, 5.74) is 0.645. The second-order valence-corrected chi connectivity index (χ2v) is 7.46. The predicted molar refractivity (Wildman–Crippen MR) is 118 cm³/mol. The fourth-order valence-electron chi connectivity index (χ4n) is 2.62. The van der Waals surface area contributed by atoms with Gasteiger partial charge in [0.15, 0.2) is 22.5 Å². The molecular weight excluding hydrogens is 424 g/mol. The molecule has 1 N–H and O–H groups in total. The van der Waals surface area contributed by atoms with E-state index in [1.165, 1.54) is 11.8 Å². The summed E-state index contributed by atoms with van der Waals surface area (Å²) in [7, 11) is 1.59. The monoisotopic (exact) mass is 444 g/mol. The largest absolute Gasteiger partial charge is 0.493 e. The summed E-state index contributed by atoms with van der Waals surface area (Å²) in [4.78, 5) is 12.3. The molecule has 0 spiro atoms. The molecule has 0 bridgehead atoms. The standard InChI is InChI=1S/C21H21ClN4O3S/c1-3-11-26-19(13-29-18-10-5-4-9-17(18)28-2)24-25-21(26)30-14-20(27)23-16-8-6-7-15(22)12-16/h3-10,12H,1,11,13-14H2,2H3,(H,23,27). The zero-order chi connectivity index (χ0) is 21.3. The van der Waals surface area contributed by atoms with Gasteiger partial charge in [0.1, 0.15) is 6.61 Å². The molecule has 3 aromatic rings.